The molecule has 0 spiro atoms. The summed E-state index contributed by atoms with van der Waals surface area (Å²) in [6.45, 7) is -0.515. The molecule has 0 unspecified atom stereocenters. The van der Waals surface area contributed by atoms with Crippen molar-refractivity contribution in [2.24, 2.45) is 0 Å². The monoisotopic (exact) mass is 546 g/mol. The van der Waals surface area contributed by atoms with Crippen LogP contribution in [0.1, 0.15) is 5.56 Å². The molecule has 0 fully saturated rings. The second kappa shape index (κ2) is 9.94. The van der Waals surface area contributed by atoms with E-state index in [1.165, 1.54) is 6.08 Å². The standard InChI is InChI=1S/C18H10Br2Cl2N2O4/c19-11-5-9(6-12(20)17(11)28-8-15(25)26)4-10(7-23)18(27)24-14-3-1-2-13(21)16(14)22/h1-6H,8H2,(H,24,27)(H,25,26)/b10-4-. The molecule has 1 amide bonds. The second-order valence-corrected chi connectivity index (χ2v) is 7.72. The van der Waals surface area contributed by atoms with E-state index in [0.29, 0.717) is 14.5 Å². The Kier molecular flexibility index (Phi) is 7.89. The van der Waals surface area contributed by atoms with Gasteiger partial charge in [0.05, 0.1) is 24.7 Å². The van der Waals surface area contributed by atoms with Gasteiger partial charge in [0.25, 0.3) is 5.91 Å². The number of amides is 1. The number of carbonyl (C=O) groups excluding carboxylic acids is 1. The fourth-order valence-corrected chi connectivity index (χ4v) is 3.84. The maximum atomic E-state index is 12.4. The van der Waals surface area contributed by atoms with Crippen LogP contribution >= 0.6 is 55.1 Å². The van der Waals surface area contributed by atoms with Crippen molar-refractivity contribution in [3.8, 4) is 11.8 Å². The topological polar surface area (TPSA) is 99.4 Å². The van der Waals surface area contributed by atoms with Gasteiger partial charge >= 0.3 is 5.97 Å². The zero-order valence-corrected chi connectivity index (χ0v) is 18.5. The number of halogens is 4. The van der Waals surface area contributed by atoms with E-state index >= 15 is 0 Å². The van der Waals surface area contributed by atoms with Gasteiger partial charge in [-0.2, -0.15) is 5.26 Å². The van der Waals surface area contributed by atoms with Gasteiger partial charge in [-0.05, 0) is 67.8 Å². The van der Waals surface area contributed by atoms with Crippen molar-refractivity contribution in [3.63, 3.8) is 0 Å². The van der Waals surface area contributed by atoms with Crippen molar-refractivity contribution < 1.29 is 19.4 Å². The van der Waals surface area contributed by atoms with Crippen molar-refractivity contribution in [2.45, 2.75) is 0 Å². The molecule has 0 radical (unpaired) electrons. The van der Waals surface area contributed by atoms with Crippen molar-refractivity contribution >= 4 is 78.7 Å². The molecule has 28 heavy (non-hydrogen) atoms. The van der Waals surface area contributed by atoms with Crippen LogP contribution in [0.25, 0.3) is 6.08 Å². The smallest absolute Gasteiger partial charge is 0.341 e. The molecule has 0 aliphatic rings. The molecule has 0 atom stereocenters. The Balaban J connectivity index is 2.28. The number of ether oxygens (including phenoxy) is 1. The van der Waals surface area contributed by atoms with E-state index in [9.17, 15) is 14.9 Å². The number of carbonyl (C=O) groups is 2. The van der Waals surface area contributed by atoms with Crippen molar-refractivity contribution in [2.75, 3.05) is 11.9 Å². The van der Waals surface area contributed by atoms with E-state index < -0.39 is 18.5 Å². The summed E-state index contributed by atoms with van der Waals surface area (Å²) >= 11 is 18.5. The molecule has 0 aromatic heterocycles. The average molecular weight is 549 g/mol. The first-order valence-corrected chi connectivity index (χ1v) is 9.78. The lowest BCUT2D eigenvalue weighted by Gasteiger charge is -2.10. The predicted molar refractivity (Wildman–Crippen MR) is 114 cm³/mol. The molecule has 10 heteroatoms. The van der Waals surface area contributed by atoms with E-state index in [1.807, 2.05) is 6.07 Å². The summed E-state index contributed by atoms with van der Waals surface area (Å²) in [6, 6.07) is 9.74. The molecule has 0 aliphatic heterocycles. The van der Waals surface area contributed by atoms with E-state index in [2.05, 4.69) is 37.2 Å². The molecule has 0 saturated heterocycles. The number of nitriles is 1. The Bertz CT molecular complexity index is 996. The van der Waals surface area contributed by atoms with Gasteiger partial charge in [-0.25, -0.2) is 4.79 Å². The van der Waals surface area contributed by atoms with E-state index in [0.717, 1.165) is 0 Å². The highest BCUT2D eigenvalue weighted by Gasteiger charge is 2.15. The van der Waals surface area contributed by atoms with Crippen LogP contribution in [0.5, 0.6) is 5.75 Å². The molecule has 2 aromatic rings. The molecule has 0 heterocycles. The lowest BCUT2D eigenvalue weighted by molar-refractivity contribution is -0.139. The number of aliphatic carboxylic acids is 1. The highest BCUT2D eigenvalue weighted by Crippen LogP contribution is 2.35. The van der Waals surface area contributed by atoms with Crippen molar-refractivity contribution in [1.82, 2.24) is 0 Å². The molecule has 2 aromatic carbocycles. The number of benzene rings is 2. The van der Waals surface area contributed by atoms with Gasteiger partial charge in [0.1, 0.15) is 17.4 Å². The van der Waals surface area contributed by atoms with Crippen LogP contribution in [0, 0.1) is 11.3 Å². The molecular weight excluding hydrogens is 539 g/mol. The minimum atomic E-state index is -1.12. The second-order valence-electron chi connectivity index (χ2n) is 5.22. The molecule has 6 nitrogen and oxygen atoms in total. The normalized spacial score (nSPS) is 10.9. The average Bonchev–Trinajstić information content (AvgIpc) is 2.62. The van der Waals surface area contributed by atoms with Gasteiger partial charge in [0, 0.05) is 0 Å². The summed E-state index contributed by atoms with van der Waals surface area (Å²) in [5, 5.41) is 21.0. The number of hydrogen-bond acceptors (Lipinski definition) is 4. The zero-order chi connectivity index (χ0) is 20.8. The van der Waals surface area contributed by atoms with Gasteiger partial charge in [-0.3, -0.25) is 4.79 Å². The third kappa shape index (κ3) is 5.72. The molecule has 0 bridgehead atoms. The van der Waals surface area contributed by atoms with E-state index in [1.54, 1.807) is 30.3 Å². The Hall–Kier alpha value is -2.05. The van der Waals surface area contributed by atoms with Gasteiger partial charge in [-0.1, -0.05) is 29.3 Å². The van der Waals surface area contributed by atoms with Crippen LogP contribution in [0.3, 0.4) is 0 Å². The first-order valence-electron chi connectivity index (χ1n) is 7.43. The molecule has 2 N–H and O–H groups in total. The van der Waals surface area contributed by atoms with Gasteiger partial charge in [0.15, 0.2) is 6.61 Å². The van der Waals surface area contributed by atoms with Gasteiger partial charge < -0.3 is 15.2 Å². The highest BCUT2D eigenvalue weighted by atomic mass is 79.9. The minimum absolute atomic E-state index is 0.167. The summed E-state index contributed by atoms with van der Waals surface area (Å²) in [7, 11) is 0. The third-order valence-corrected chi connectivity index (χ3v) is 5.23. The fraction of sp³-hybridized carbons (Fsp3) is 0.0556. The first kappa shape index (κ1) is 22.2. The Morgan fingerprint density at radius 3 is 2.46 bits per heavy atom. The largest absolute Gasteiger partial charge is 0.480 e. The molecule has 0 aliphatic carbocycles. The summed E-state index contributed by atoms with van der Waals surface area (Å²) in [5.74, 6) is -1.50. The molecular formula is C18H10Br2Cl2N2O4. The lowest BCUT2D eigenvalue weighted by atomic mass is 10.1. The maximum Gasteiger partial charge on any atom is 0.341 e. The van der Waals surface area contributed by atoms with E-state index in [-0.39, 0.29) is 27.1 Å². The number of anilines is 1. The highest BCUT2D eigenvalue weighted by molar-refractivity contribution is 9.11. The Morgan fingerprint density at radius 2 is 1.89 bits per heavy atom. The number of nitrogens with one attached hydrogen (secondary N) is 1. The summed E-state index contributed by atoms with van der Waals surface area (Å²) in [4.78, 5) is 23.1. The van der Waals surface area contributed by atoms with Crippen LogP contribution in [-0.2, 0) is 9.59 Å². The van der Waals surface area contributed by atoms with Gasteiger partial charge in [-0.15, -0.1) is 0 Å². The van der Waals surface area contributed by atoms with Crippen LogP contribution in [-0.4, -0.2) is 23.6 Å². The van der Waals surface area contributed by atoms with Crippen molar-refractivity contribution in [3.05, 3.63) is 60.5 Å². The van der Waals surface area contributed by atoms with E-state index in [4.69, 9.17) is 33.0 Å². The predicted octanol–water partition coefficient (Wildman–Crippen LogP) is 5.53. The zero-order valence-electron chi connectivity index (χ0n) is 13.8. The number of carboxylic acids is 1. The summed E-state index contributed by atoms with van der Waals surface area (Å²) in [5.41, 5.74) is 0.611. The van der Waals surface area contributed by atoms with Crippen LogP contribution in [0.15, 0.2) is 44.9 Å². The molecule has 144 valence electrons. The van der Waals surface area contributed by atoms with Crippen LogP contribution < -0.4 is 10.1 Å². The van der Waals surface area contributed by atoms with Crippen molar-refractivity contribution in [1.29, 1.82) is 5.26 Å². The fourth-order valence-electron chi connectivity index (χ4n) is 2.04. The quantitative estimate of drug-likeness (QED) is 0.365. The van der Waals surface area contributed by atoms with Crippen LogP contribution in [0.4, 0.5) is 5.69 Å². The SMILES string of the molecule is N#C/C(=C/c1cc(Br)c(OCC(=O)O)c(Br)c1)C(=O)Nc1cccc(Cl)c1Cl. The summed E-state index contributed by atoms with van der Waals surface area (Å²) in [6.07, 6.45) is 1.37. The summed E-state index contributed by atoms with van der Waals surface area (Å²) < 4.78 is 6.08. The number of rotatable bonds is 6. The third-order valence-electron chi connectivity index (χ3n) is 3.24. The van der Waals surface area contributed by atoms with Crippen LogP contribution in [0.2, 0.25) is 10.0 Å². The molecule has 0 saturated carbocycles. The molecule has 2 rings (SSSR count). The number of carboxylic acid groups (broad SMARTS) is 1. The number of nitrogens with zero attached hydrogens (tertiary/aromatic N) is 1. The Labute approximate surface area is 187 Å². The first-order chi connectivity index (χ1) is 13.2. The van der Waals surface area contributed by atoms with Gasteiger partial charge in [0.2, 0.25) is 0 Å². The lowest BCUT2D eigenvalue weighted by Crippen LogP contribution is -2.13. The number of hydrogen-bond donors (Lipinski definition) is 2. The minimum Gasteiger partial charge on any atom is -0.480 e. The Morgan fingerprint density at radius 1 is 1.25 bits per heavy atom. The maximum absolute atomic E-state index is 12.4.